The quantitative estimate of drug-likeness (QED) is 0.868. The van der Waals surface area contributed by atoms with Crippen LogP contribution in [-0.4, -0.2) is 43.5 Å². The van der Waals surface area contributed by atoms with E-state index >= 15 is 0 Å². The van der Waals surface area contributed by atoms with Crippen LogP contribution in [0.3, 0.4) is 0 Å². The van der Waals surface area contributed by atoms with Gasteiger partial charge < -0.3 is 10.6 Å². The summed E-state index contributed by atoms with van der Waals surface area (Å²) < 4.78 is 1.06. The Morgan fingerprint density at radius 2 is 1.95 bits per heavy atom. The molecule has 0 aliphatic carbocycles. The van der Waals surface area contributed by atoms with Gasteiger partial charge in [-0.3, -0.25) is 9.69 Å². The second-order valence-electron chi connectivity index (χ2n) is 6.21. The number of carbonyl (C=O) groups is 1. The van der Waals surface area contributed by atoms with Crippen molar-refractivity contribution in [2.24, 2.45) is 11.8 Å². The molecule has 2 saturated heterocycles. The molecule has 21 heavy (non-hydrogen) atoms. The van der Waals surface area contributed by atoms with Crippen LogP contribution in [0.2, 0.25) is 0 Å². The summed E-state index contributed by atoms with van der Waals surface area (Å²) >= 11 is 3.43. The molecule has 2 aliphatic heterocycles. The van der Waals surface area contributed by atoms with Gasteiger partial charge in [0, 0.05) is 17.6 Å². The Morgan fingerprint density at radius 1 is 1.33 bits per heavy atom. The second kappa shape index (κ2) is 6.46. The van der Waals surface area contributed by atoms with Crippen LogP contribution in [0, 0.1) is 11.8 Å². The van der Waals surface area contributed by atoms with Crippen LogP contribution in [-0.2, 0) is 4.79 Å². The minimum Gasteiger partial charge on any atom is -0.348 e. The molecular weight excluding hydrogens is 330 g/mol. The van der Waals surface area contributed by atoms with Crippen molar-refractivity contribution in [3.05, 3.63) is 34.3 Å². The lowest BCUT2D eigenvalue weighted by Crippen LogP contribution is -2.38. The van der Waals surface area contributed by atoms with Gasteiger partial charge in [-0.25, -0.2) is 0 Å². The normalized spacial score (nSPS) is 26.6. The first-order valence-electron chi connectivity index (χ1n) is 7.59. The van der Waals surface area contributed by atoms with E-state index < -0.39 is 0 Å². The fourth-order valence-electron chi connectivity index (χ4n) is 3.41. The maximum atomic E-state index is 12.2. The fraction of sp³-hybridized carbons (Fsp3) is 0.562. The van der Waals surface area contributed by atoms with Crippen LogP contribution in [0.4, 0.5) is 0 Å². The molecule has 2 aliphatic rings. The molecule has 1 aromatic carbocycles. The molecule has 4 nitrogen and oxygen atoms in total. The number of nitrogens with zero attached hydrogens (tertiary/aromatic N) is 1. The number of rotatable bonds is 4. The summed E-state index contributed by atoms with van der Waals surface area (Å²) in [6.45, 7) is 6.88. The smallest absolute Gasteiger partial charge is 0.234 e. The van der Waals surface area contributed by atoms with Crippen LogP contribution in [0.1, 0.15) is 18.5 Å². The molecule has 2 N–H and O–H groups in total. The molecular formula is C16H22BrN3O. The van der Waals surface area contributed by atoms with E-state index in [1.165, 1.54) is 0 Å². The van der Waals surface area contributed by atoms with Gasteiger partial charge in [-0.15, -0.1) is 0 Å². The molecule has 1 aromatic rings. The first-order chi connectivity index (χ1) is 10.1. The fourth-order valence-corrected chi connectivity index (χ4v) is 3.67. The van der Waals surface area contributed by atoms with Gasteiger partial charge in [0.2, 0.25) is 5.91 Å². The molecule has 114 valence electrons. The highest BCUT2D eigenvalue weighted by molar-refractivity contribution is 9.10. The van der Waals surface area contributed by atoms with Gasteiger partial charge in [0.15, 0.2) is 0 Å². The molecule has 3 rings (SSSR count). The molecule has 1 unspecified atom stereocenters. The van der Waals surface area contributed by atoms with E-state index in [0.717, 1.165) is 48.1 Å². The number of likely N-dealkylation sites (tertiary alicyclic amines) is 1. The monoisotopic (exact) mass is 351 g/mol. The van der Waals surface area contributed by atoms with Crippen LogP contribution < -0.4 is 10.6 Å². The number of hydrogen-bond acceptors (Lipinski definition) is 3. The van der Waals surface area contributed by atoms with Crippen LogP contribution in [0.5, 0.6) is 0 Å². The third-order valence-corrected chi connectivity index (χ3v) is 5.11. The van der Waals surface area contributed by atoms with Crippen molar-refractivity contribution in [2.45, 2.75) is 13.0 Å². The number of amides is 1. The molecule has 0 bridgehead atoms. The van der Waals surface area contributed by atoms with E-state index in [4.69, 9.17) is 0 Å². The lowest BCUT2D eigenvalue weighted by molar-refractivity contribution is -0.122. The van der Waals surface area contributed by atoms with Gasteiger partial charge in [-0.1, -0.05) is 28.1 Å². The summed E-state index contributed by atoms with van der Waals surface area (Å²) in [5.74, 6) is 1.60. The highest BCUT2D eigenvalue weighted by Gasteiger charge is 2.36. The summed E-state index contributed by atoms with van der Waals surface area (Å²) in [4.78, 5) is 14.5. The molecule has 2 heterocycles. The maximum absolute atomic E-state index is 12.2. The van der Waals surface area contributed by atoms with Crippen molar-refractivity contribution in [2.75, 3.05) is 32.7 Å². The number of halogens is 1. The molecule has 0 radical (unpaired) electrons. The molecule has 0 aromatic heterocycles. The number of nitrogens with one attached hydrogen (secondary N) is 2. The minimum absolute atomic E-state index is 0.0503. The summed E-state index contributed by atoms with van der Waals surface area (Å²) in [5, 5.41) is 6.52. The van der Waals surface area contributed by atoms with E-state index in [2.05, 4.69) is 31.5 Å². The Balaban J connectivity index is 1.49. The van der Waals surface area contributed by atoms with Crippen LogP contribution in [0.15, 0.2) is 28.7 Å². The Hall–Kier alpha value is -0.910. The molecule has 5 heteroatoms. The summed E-state index contributed by atoms with van der Waals surface area (Å²) in [7, 11) is 0. The van der Waals surface area contributed by atoms with Crippen molar-refractivity contribution in [1.82, 2.24) is 15.5 Å². The maximum Gasteiger partial charge on any atom is 0.234 e. The lowest BCUT2D eigenvalue weighted by Gasteiger charge is -2.19. The Bertz CT molecular complexity index is 493. The second-order valence-corrected chi connectivity index (χ2v) is 7.13. The zero-order valence-corrected chi connectivity index (χ0v) is 13.9. The van der Waals surface area contributed by atoms with Crippen molar-refractivity contribution in [1.29, 1.82) is 0 Å². The molecule has 2 fully saturated rings. The number of carbonyl (C=O) groups excluding carboxylic acids is 1. The Kier molecular flexibility index (Phi) is 4.62. The van der Waals surface area contributed by atoms with Gasteiger partial charge in [0.25, 0.3) is 0 Å². The zero-order valence-electron chi connectivity index (χ0n) is 12.3. The molecule has 0 spiro atoms. The predicted octanol–water partition coefficient (Wildman–Crippen LogP) is 1.78. The van der Waals surface area contributed by atoms with Crippen molar-refractivity contribution in [3.63, 3.8) is 0 Å². The Labute approximate surface area is 134 Å². The zero-order chi connectivity index (χ0) is 14.8. The molecule has 0 saturated carbocycles. The van der Waals surface area contributed by atoms with E-state index in [0.29, 0.717) is 6.54 Å². The number of fused-ring (bicyclic) bond motifs is 1. The molecule has 1 amide bonds. The summed E-state index contributed by atoms with van der Waals surface area (Å²) in [6, 6.07) is 8.15. The SMILES string of the molecule is CC(NC(=O)CN1C[C@H]2CNC[C@H]2C1)c1ccc(Br)cc1. The van der Waals surface area contributed by atoms with Crippen molar-refractivity contribution < 1.29 is 4.79 Å². The molecule has 3 atom stereocenters. The van der Waals surface area contributed by atoms with Crippen molar-refractivity contribution >= 4 is 21.8 Å². The highest BCUT2D eigenvalue weighted by atomic mass is 79.9. The number of hydrogen-bond donors (Lipinski definition) is 2. The number of benzene rings is 1. The van der Waals surface area contributed by atoms with Gasteiger partial charge >= 0.3 is 0 Å². The average Bonchev–Trinajstić information content (AvgIpc) is 3.00. The minimum atomic E-state index is 0.0503. The third-order valence-electron chi connectivity index (χ3n) is 4.58. The first kappa shape index (κ1) is 15.0. The predicted molar refractivity (Wildman–Crippen MR) is 87.0 cm³/mol. The van der Waals surface area contributed by atoms with Crippen molar-refractivity contribution in [3.8, 4) is 0 Å². The largest absolute Gasteiger partial charge is 0.348 e. The Morgan fingerprint density at radius 3 is 2.57 bits per heavy atom. The average molecular weight is 352 g/mol. The van der Waals surface area contributed by atoms with E-state index in [1.807, 2.05) is 31.2 Å². The van der Waals surface area contributed by atoms with Gasteiger partial charge in [-0.2, -0.15) is 0 Å². The summed E-state index contributed by atoms with van der Waals surface area (Å²) in [5.41, 5.74) is 1.13. The standard InChI is InChI=1S/C16H22BrN3O/c1-11(12-2-4-15(17)5-3-12)19-16(21)10-20-8-13-6-18-7-14(13)9-20/h2-5,11,13-14,18H,6-10H2,1H3,(H,19,21)/t11?,13-,14+. The lowest BCUT2D eigenvalue weighted by atomic mass is 10.0. The van der Waals surface area contributed by atoms with Crippen LogP contribution >= 0.6 is 15.9 Å². The van der Waals surface area contributed by atoms with E-state index in [9.17, 15) is 4.79 Å². The van der Waals surface area contributed by atoms with Gasteiger partial charge in [-0.05, 0) is 49.5 Å². The van der Waals surface area contributed by atoms with E-state index in [-0.39, 0.29) is 11.9 Å². The first-order valence-corrected chi connectivity index (χ1v) is 8.39. The topological polar surface area (TPSA) is 44.4 Å². The van der Waals surface area contributed by atoms with E-state index in [1.54, 1.807) is 0 Å². The van der Waals surface area contributed by atoms with Crippen LogP contribution in [0.25, 0.3) is 0 Å². The third kappa shape index (κ3) is 3.65. The van der Waals surface area contributed by atoms with Gasteiger partial charge in [0.1, 0.15) is 0 Å². The summed E-state index contributed by atoms with van der Waals surface area (Å²) in [6.07, 6.45) is 0. The van der Waals surface area contributed by atoms with Gasteiger partial charge in [0.05, 0.1) is 12.6 Å². The highest BCUT2D eigenvalue weighted by Crippen LogP contribution is 2.25.